The molecule has 5 rings (SSSR count). The summed E-state index contributed by atoms with van der Waals surface area (Å²) in [6.07, 6.45) is 0. The van der Waals surface area contributed by atoms with Crippen molar-refractivity contribution in [1.82, 2.24) is 9.80 Å². The zero-order chi connectivity index (χ0) is 25.9. The first-order valence-electron chi connectivity index (χ1n) is 12.6. The summed E-state index contributed by atoms with van der Waals surface area (Å²) in [5.74, 6) is -0.229. The number of benzene rings is 3. The van der Waals surface area contributed by atoms with E-state index >= 15 is 0 Å². The van der Waals surface area contributed by atoms with Gasteiger partial charge in [0.25, 0.3) is 5.91 Å². The summed E-state index contributed by atoms with van der Waals surface area (Å²) in [6.45, 7) is 7.29. The number of amides is 1. The molecular formula is C30H29FN2O4. The highest BCUT2D eigenvalue weighted by Gasteiger charge is 2.42. The largest absolute Gasteiger partial charge is 0.489 e. The molecule has 0 radical (unpaired) electrons. The maximum absolute atomic E-state index is 14.0. The van der Waals surface area contributed by atoms with E-state index in [2.05, 4.69) is 18.7 Å². The van der Waals surface area contributed by atoms with E-state index in [1.54, 1.807) is 4.90 Å². The van der Waals surface area contributed by atoms with Crippen LogP contribution in [0.3, 0.4) is 0 Å². The predicted molar refractivity (Wildman–Crippen MR) is 140 cm³/mol. The minimum Gasteiger partial charge on any atom is -0.489 e. The van der Waals surface area contributed by atoms with E-state index in [1.807, 2.05) is 54.6 Å². The summed E-state index contributed by atoms with van der Waals surface area (Å²) < 4.78 is 26.0. The van der Waals surface area contributed by atoms with Crippen LogP contribution in [0.4, 0.5) is 4.39 Å². The van der Waals surface area contributed by atoms with Crippen molar-refractivity contribution in [3.63, 3.8) is 0 Å². The highest BCUT2D eigenvalue weighted by Crippen LogP contribution is 2.39. The third-order valence-electron chi connectivity index (χ3n) is 6.90. The van der Waals surface area contributed by atoms with Crippen molar-refractivity contribution >= 4 is 16.9 Å². The first-order chi connectivity index (χ1) is 18.0. The Hall–Kier alpha value is -3.97. The van der Waals surface area contributed by atoms with Gasteiger partial charge in [-0.15, -0.1) is 0 Å². The molecule has 0 N–H and O–H groups in total. The summed E-state index contributed by atoms with van der Waals surface area (Å²) >= 11 is 0. The van der Waals surface area contributed by atoms with E-state index in [0.29, 0.717) is 25.4 Å². The Morgan fingerprint density at radius 2 is 1.76 bits per heavy atom. The van der Waals surface area contributed by atoms with Crippen molar-refractivity contribution < 1.29 is 18.3 Å². The van der Waals surface area contributed by atoms with Crippen LogP contribution in [0, 0.1) is 5.82 Å². The molecule has 6 nitrogen and oxygen atoms in total. The van der Waals surface area contributed by atoms with Crippen LogP contribution in [-0.2, 0) is 6.61 Å². The Labute approximate surface area is 214 Å². The number of likely N-dealkylation sites (N-methyl/N-ethyl adjacent to an activating group) is 1. The lowest BCUT2D eigenvalue weighted by Crippen LogP contribution is -2.37. The molecular weight excluding hydrogens is 471 g/mol. The van der Waals surface area contributed by atoms with Crippen LogP contribution in [0.25, 0.3) is 11.0 Å². The number of halogens is 1. The lowest BCUT2D eigenvalue weighted by Gasteiger charge is -2.28. The van der Waals surface area contributed by atoms with Gasteiger partial charge in [0.15, 0.2) is 5.43 Å². The van der Waals surface area contributed by atoms with Gasteiger partial charge in [-0.1, -0.05) is 56.3 Å². The lowest BCUT2D eigenvalue weighted by atomic mass is 9.98. The zero-order valence-corrected chi connectivity index (χ0v) is 20.9. The minimum absolute atomic E-state index is 0.0178. The topological polar surface area (TPSA) is 63.0 Å². The number of carbonyl (C=O) groups excluding carboxylic acids is 1. The lowest BCUT2D eigenvalue weighted by molar-refractivity contribution is 0.0708. The molecule has 1 unspecified atom stereocenters. The number of hydrogen-bond donors (Lipinski definition) is 0. The average Bonchev–Trinajstić information content (AvgIpc) is 3.21. The van der Waals surface area contributed by atoms with Crippen molar-refractivity contribution in [3.05, 3.63) is 111 Å². The molecule has 3 aromatic carbocycles. The highest BCUT2D eigenvalue weighted by atomic mass is 19.1. The number of carbonyl (C=O) groups is 1. The molecule has 190 valence electrons. The van der Waals surface area contributed by atoms with Gasteiger partial charge in [0.05, 0.1) is 17.0 Å². The van der Waals surface area contributed by atoms with Crippen LogP contribution in [0.15, 0.2) is 82.0 Å². The smallest absolute Gasteiger partial charge is 0.290 e. The number of nitrogens with zero attached hydrogens (tertiary/aromatic N) is 2. The highest BCUT2D eigenvalue weighted by molar-refractivity contribution is 5.99. The maximum atomic E-state index is 14.0. The molecule has 1 amide bonds. The molecule has 37 heavy (non-hydrogen) atoms. The van der Waals surface area contributed by atoms with E-state index in [0.717, 1.165) is 24.2 Å². The molecule has 0 aliphatic carbocycles. The van der Waals surface area contributed by atoms with Gasteiger partial charge in [-0.2, -0.15) is 0 Å². The quantitative estimate of drug-likeness (QED) is 0.308. The normalized spacial score (nSPS) is 15.0. The van der Waals surface area contributed by atoms with Gasteiger partial charge in [0.1, 0.15) is 23.8 Å². The molecule has 0 saturated carbocycles. The summed E-state index contributed by atoms with van der Waals surface area (Å²) in [4.78, 5) is 31.1. The van der Waals surface area contributed by atoms with Crippen LogP contribution >= 0.6 is 0 Å². The molecule has 1 aromatic heterocycles. The molecule has 0 spiro atoms. The summed E-state index contributed by atoms with van der Waals surface area (Å²) in [5.41, 5.74) is 1.81. The molecule has 4 aromatic rings. The molecule has 0 bridgehead atoms. The number of fused-ring (bicyclic) bond motifs is 2. The number of ether oxygens (including phenoxy) is 1. The number of rotatable bonds is 9. The molecule has 1 aliphatic heterocycles. The molecule has 1 aliphatic rings. The van der Waals surface area contributed by atoms with E-state index in [1.165, 1.54) is 18.2 Å². The average molecular weight is 501 g/mol. The Morgan fingerprint density at radius 1 is 0.973 bits per heavy atom. The summed E-state index contributed by atoms with van der Waals surface area (Å²) in [6, 6.07) is 20.4. The third-order valence-corrected chi connectivity index (χ3v) is 6.90. The Morgan fingerprint density at radius 3 is 2.51 bits per heavy atom. The Balaban J connectivity index is 1.56. The summed E-state index contributed by atoms with van der Waals surface area (Å²) in [5, 5.41) is 0.124. The molecule has 2 heterocycles. The Bertz CT molecular complexity index is 1480. The van der Waals surface area contributed by atoms with Crippen LogP contribution in [0.1, 0.15) is 47.1 Å². The maximum Gasteiger partial charge on any atom is 0.290 e. The van der Waals surface area contributed by atoms with Crippen molar-refractivity contribution in [2.75, 3.05) is 26.2 Å². The molecule has 0 saturated heterocycles. The zero-order valence-electron chi connectivity index (χ0n) is 20.9. The van der Waals surface area contributed by atoms with Gasteiger partial charge < -0.3 is 19.0 Å². The fourth-order valence-corrected chi connectivity index (χ4v) is 4.87. The SMILES string of the molecule is CCN(CC)CCN1C(=O)c2oc3ccc(F)cc3c(=O)c2C1c1cccc(OCc2ccccc2)c1. The van der Waals surface area contributed by atoms with Crippen molar-refractivity contribution in [2.45, 2.75) is 26.5 Å². The van der Waals surface area contributed by atoms with Gasteiger partial charge in [-0.3, -0.25) is 9.59 Å². The first-order valence-corrected chi connectivity index (χ1v) is 12.6. The van der Waals surface area contributed by atoms with Crippen molar-refractivity contribution in [3.8, 4) is 5.75 Å². The third kappa shape index (κ3) is 4.87. The Kier molecular flexibility index (Phi) is 7.06. The summed E-state index contributed by atoms with van der Waals surface area (Å²) in [7, 11) is 0. The van der Waals surface area contributed by atoms with Gasteiger partial charge in [-0.05, 0) is 54.5 Å². The van der Waals surface area contributed by atoms with Crippen LogP contribution in [-0.4, -0.2) is 41.9 Å². The molecule has 7 heteroatoms. The van der Waals surface area contributed by atoms with Crippen LogP contribution in [0.2, 0.25) is 0 Å². The van der Waals surface area contributed by atoms with E-state index in [-0.39, 0.29) is 28.2 Å². The van der Waals surface area contributed by atoms with Crippen molar-refractivity contribution in [2.24, 2.45) is 0 Å². The number of hydrogen-bond acceptors (Lipinski definition) is 5. The molecule has 1 atom stereocenters. The van der Waals surface area contributed by atoms with Gasteiger partial charge in [0.2, 0.25) is 5.76 Å². The second-order valence-corrected chi connectivity index (χ2v) is 9.09. The second-order valence-electron chi connectivity index (χ2n) is 9.09. The minimum atomic E-state index is -0.665. The molecule has 0 fully saturated rings. The predicted octanol–water partition coefficient (Wildman–Crippen LogP) is 5.40. The first kappa shape index (κ1) is 24.7. The fourth-order valence-electron chi connectivity index (χ4n) is 4.87. The van der Waals surface area contributed by atoms with E-state index < -0.39 is 17.3 Å². The van der Waals surface area contributed by atoms with Crippen LogP contribution < -0.4 is 10.2 Å². The van der Waals surface area contributed by atoms with Gasteiger partial charge in [-0.25, -0.2) is 4.39 Å². The second kappa shape index (κ2) is 10.6. The standard InChI is InChI=1S/C30H29FN2O4/c1-3-32(4-2)15-16-33-27(21-11-8-12-23(17-21)36-19-20-9-6-5-7-10-20)26-28(34)24-18-22(31)13-14-25(24)37-29(26)30(33)35/h5-14,17-18,27H,3-4,15-16,19H2,1-2H3. The van der Waals surface area contributed by atoms with Crippen molar-refractivity contribution in [1.29, 1.82) is 0 Å². The van der Waals surface area contributed by atoms with Crippen LogP contribution in [0.5, 0.6) is 5.75 Å². The monoisotopic (exact) mass is 500 g/mol. The fraction of sp³-hybridized carbons (Fsp3) is 0.267. The van der Waals surface area contributed by atoms with E-state index in [4.69, 9.17) is 9.15 Å². The van der Waals surface area contributed by atoms with Gasteiger partial charge >= 0.3 is 0 Å². The van der Waals surface area contributed by atoms with Gasteiger partial charge in [0, 0.05) is 13.1 Å². The van der Waals surface area contributed by atoms with E-state index in [9.17, 15) is 14.0 Å².